The van der Waals surface area contributed by atoms with Crippen molar-refractivity contribution in [3.8, 4) is 0 Å². The first-order chi connectivity index (χ1) is 10.2. The van der Waals surface area contributed by atoms with E-state index in [0.29, 0.717) is 6.42 Å². The Morgan fingerprint density at radius 1 is 1.33 bits per heavy atom. The fraction of sp³-hybridized carbons (Fsp3) is 0.294. The highest BCUT2D eigenvalue weighted by Gasteiger charge is 2.24. The molecule has 2 atom stereocenters. The number of nitrogens with zero attached hydrogens (tertiary/aromatic N) is 1. The van der Waals surface area contributed by atoms with Crippen LogP contribution in [0.25, 0.3) is 0 Å². The first-order valence-electron chi connectivity index (χ1n) is 7.26. The molecule has 0 aliphatic carbocycles. The molecule has 0 bridgehead atoms. The van der Waals surface area contributed by atoms with Crippen LogP contribution in [-0.4, -0.2) is 17.4 Å². The van der Waals surface area contributed by atoms with Gasteiger partial charge in [-0.2, -0.15) is 0 Å². The Bertz CT molecular complexity index is 627. The molecule has 1 aromatic carbocycles. The van der Waals surface area contributed by atoms with Gasteiger partial charge in [-0.3, -0.25) is 9.78 Å². The SMILES string of the molecule is C[C@H](NC(=O)CC1CNc2ccccc21)c1ccncc1. The second-order valence-electron chi connectivity index (χ2n) is 5.44. The summed E-state index contributed by atoms with van der Waals surface area (Å²) in [6.07, 6.45) is 4.00. The number of amides is 1. The molecular formula is C17H19N3O. The van der Waals surface area contributed by atoms with Crippen LogP contribution in [0.4, 0.5) is 5.69 Å². The average Bonchev–Trinajstić information content (AvgIpc) is 2.91. The third-order valence-corrected chi connectivity index (χ3v) is 3.95. The van der Waals surface area contributed by atoms with Gasteiger partial charge in [-0.1, -0.05) is 18.2 Å². The number of anilines is 1. The minimum absolute atomic E-state index is 0.00473. The van der Waals surface area contributed by atoms with Crippen LogP contribution in [0.2, 0.25) is 0 Å². The molecule has 4 nitrogen and oxygen atoms in total. The molecule has 2 N–H and O–H groups in total. The standard InChI is InChI=1S/C17H19N3O/c1-12(13-6-8-18-9-7-13)20-17(21)10-14-11-19-16-5-3-2-4-15(14)16/h2-9,12,14,19H,10-11H2,1H3,(H,20,21)/t12-,14?/m0/s1. The smallest absolute Gasteiger partial charge is 0.221 e. The summed E-state index contributed by atoms with van der Waals surface area (Å²) in [5.74, 6) is 0.341. The summed E-state index contributed by atoms with van der Waals surface area (Å²) < 4.78 is 0. The van der Waals surface area contributed by atoms with Crippen LogP contribution in [0.5, 0.6) is 0 Å². The van der Waals surface area contributed by atoms with Crippen molar-refractivity contribution in [1.82, 2.24) is 10.3 Å². The second-order valence-corrected chi connectivity index (χ2v) is 5.44. The van der Waals surface area contributed by atoms with Crippen LogP contribution in [0.1, 0.15) is 36.4 Å². The van der Waals surface area contributed by atoms with Gasteiger partial charge in [0.2, 0.25) is 5.91 Å². The van der Waals surface area contributed by atoms with Gasteiger partial charge in [0.05, 0.1) is 6.04 Å². The van der Waals surface area contributed by atoms with Crippen molar-refractivity contribution in [3.63, 3.8) is 0 Å². The summed E-state index contributed by atoms with van der Waals surface area (Å²) in [4.78, 5) is 16.2. The highest BCUT2D eigenvalue weighted by atomic mass is 16.1. The van der Waals surface area contributed by atoms with Gasteiger partial charge in [0.25, 0.3) is 0 Å². The maximum Gasteiger partial charge on any atom is 0.221 e. The normalized spacial score (nSPS) is 17.7. The summed E-state index contributed by atoms with van der Waals surface area (Å²) in [5, 5.41) is 6.41. The number of hydrogen-bond acceptors (Lipinski definition) is 3. The molecule has 1 aliphatic heterocycles. The maximum absolute atomic E-state index is 12.2. The fourth-order valence-electron chi connectivity index (χ4n) is 2.80. The lowest BCUT2D eigenvalue weighted by Crippen LogP contribution is -2.28. The number of carbonyl (C=O) groups excluding carboxylic acids is 1. The van der Waals surface area contributed by atoms with E-state index in [2.05, 4.69) is 27.8 Å². The lowest BCUT2D eigenvalue weighted by atomic mass is 9.97. The van der Waals surface area contributed by atoms with Crippen molar-refractivity contribution in [2.45, 2.75) is 25.3 Å². The molecule has 4 heteroatoms. The minimum atomic E-state index is 0.00473. The van der Waals surface area contributed by atoms with Gasteiger partial charge < -0.3 is 10.6 Å². The fourth-order valence-corrected chi connectivity index (χ4v) is 2.80. The number of pyridine rings is 1. The van der Waals surface area contributed by atoms with E-state index < -0.39 is 0 Å². The topological polar surface area (TPSA) is 54.0 Å². The summed E-state index contributed by atoms with van der Waals surface area (Å²) in [6, 6.07) is 12.1. The Balaban J connectivity index is 1.61. The van der Waals surface area contributed by atoms with Gasteiger partial charge >= 0.3 is 0 Å². The molecule has 1 unspecified atom stereocenters. The Hall–Kier alpha value is -2.36. The molecule has 1 amide bonds. The lowest BCUT2D eigenvalue weighted by molar-refractivity contribution is -0.122. The number of hydrogen-bond donors (Lipinski definition) is 2. The number of nitrogens with one attached hydrogen (secondary N) is 2. The number of fused-ring (bicyclic) bond motifs is 1. The van der Waals surface area contributed by atoms with E-state index in [1.807, 2.05) is 31.2 Å². The van der Waals surface area contributed by atoms with Crippen LogP contribution in [0.3, 0.4) is 0 Å². The third kappa shape index (κ3) is 3.05. The van der Waals surface area contributed by atoms with E-state index in [9.17, 15) is 4.79 Å². The molecule has 0 saturated heterocycles. The van der Waals surface area contributed by atoms with Crippen LogP contribution < -0.4 is 10.6 Å². The Morgan fingerprint density at radius 2 is 2.10 bits per heavy atom. The number of carbonyl (C=O) groups is 1. The predicted octanol–water partition coefficient (Wildman–Crippen LogP) is 2.86. The molecule has 0 spiro atoms. The molecule has 2 heterocycles. The number of aromatic nitrogens is 1. The number of benzene rings is 1. The van der Waals surface area contributed by atoms with Crippen molar-refractivity contribution in [2.75, 3.05) is 11.9 Å². The molecule has 2 aromatic rings. The van der Waals surface area contributed by atoms with E-state index in [0.717, 1.165) is 17.8 Å². The average molecular weight is 281 g/mol. The van der Waals surface area contributed by atoms with Crippen molar-refractivity contribution < 1.29 is 4.79 Å². The highest BCUT2D eigenvalue weighted by molar-refractivity contribution is 5.78. The molecular weight excluding hydrogens is 262 g/mol. The zero-order valence-corrected chi connectivity index (χ0v) is 12.0. The van der Waals surface area contributed by atoms with E-state index >= 15 is 0 Å². The third-order valence-electron chi connectivity index (χ3n) is 3.95. The Labute approximate surface area is 124 Å². The summed E-state index contributed by atoms with van der Waals surface area (Å²) in [7, 11) is 0. The summed E-state index contributed by atoms with van der Waals surface area (Å²) >= 11 is 0. The molecule has 1 aliphatic rings. The van der Waals surface area contributed by atoms with Crippen molar-refractivity contribution in [2.24, 2.45) is 0 Å². The second kappa shape index (κ2) is 5.95. The first-order valence-corrected chi connectivity index (χ1v) is 7.26. The molecule has 21 heavy (non-hydrogen) atoms. The lowest BCUT2D eigenvalue weighted by Gasteiger charge is -2.16. The van der Waals surface area contributed by atoms with Crippen LogP contribution in [-0.2, 0) is 4.79 Å². The number of para-hydroxylation sites is 1. The Kier molecular flexibility index (Phi) is 3.86. The van der Waals surface area contributed by atoms with Gasteiger partial charge in [0.1, 0.15) is 0 Å². The van der Waals surface area contributed by atoms with Gasteiger partial charge in [0.15, 0.2) is 0 Å². The Morgan fingerprint density at radius 3 is 2.90 bits per heavy atom. The van der Waals surface area contributed by atoms with Gasteiger partial charge in [0, 0.05) is 37.0 Å². The first kappa shape index (κ1) is 13.6. The summed E-state index contributed by atoms with van der Waals surface area (Å²) in [6.45, 7) is 2.82. The van der Waals surface area contributed by atoms with Gasteiger partial charge in [-0.25, -0.2) is 0 Å². The maximum atomic E-state index is 12.2. The van der Waals surface area contributed by atoms with Crippen molar-refractivity contribution >= 4 is 11.6 Å². The molecule has 0 saturated carbocycles. The number of rotatable bonds is 4. The zero-order valence-electron chi connectivity index (χ0n) is 12.0. The molecule has 108 valence electrons. The van der Waals surface area contributed by atoms with Crippen LogP contribution in [0.15, 0.2) is 48.8 Å². The monoisotopic (exact) mass is 281 g/mol. The largest absolute Gasteiger partial charge is 0.384 e. The van der Waals surface area contributed by atoms with E-state index in [4.69, 9.17) is 0 Å². The molecule has 0 radical (unpaired) electrons. The van der Waals surface area contributed by atoms with Gasteiger partial charge in [-0.15, -0.1) is 0 Å². The highest BCUT2D eigenvalue weighted by Crippen LogP contribution is 2.33. The predicted molar refractivity (Wildman–Crippen MR) is 83.1 cm³/mol. The van der Waals surface area contributed by atoms with Crippen molar-refractivity contribution in [3.05, 3.63) is 59.9 Å². The van der Waals surface area contributed by atoms with E-state index in [1.165, 1.54) is 5.56 Å². The summed E-state index contributed by atoms with van der Waals surface area (Å²) in [5.41, 5.74) is 3.46. The van der Waals surface area contributed by atoms with Gasteiger partial charge in [-0.05, 0) is 36.2 Å². The molecule has 0 fully saturated rings. The van der Waals surface area contributed by atoms with E-state index in [-0.39, 0.29) is 17.9 Å². The molecule has 3 rings (SSSR count). The molecule has 1 aromatic heterocycles. The van der Waals surface area contributed by atoms with Crippen LogP contribution >= 0.6 is 0 Å². The quantitative estimate of drug-likeness (QED) is 0.906. The van der Waals surface area contributed by atoms with Crippen molar-refractivity contribution in [1.29, 1.82) is 0 Å². The van der Waals surface area contributed by atoms with Crippen LogP contribution in [0, 0.1) is 0 Å². The zero-order chi connectivity index (χ0) is 14.7. The minimum Gasteiger partial charge on any atom is -0.384 e. The van der Waals surface area contributed by atoms with E-state index in [1.54, 1.807) is 12.4 Å².